The van der Waals surface area contributed by atoms with Gasteiger partial charge in [-0.25, -0.2) is 0 Å². The predicted molar refractivity (Wildman–Crippen MR) is 125 cm³/mol. The Morgan fingerprint density at radius 1 is 0.517 bits per heavy atom. The molecule has 4 aromatic rings. The van der Waals surface area contributed by atoms with Gasteiger partial charge in [0.15, 0.2) is 0 Å². The first-order valence-corrected chi connectivity index (χ1v) is 11.9. The van der Waals surface area contributed by atoms with E-state index in [-0.39, 0.29) is 17.0 Å². The van der Waals surface area contributed by atoms with Gasteiger partial charge in [0.05, 0.1) is 6.16 Å². The molecule has 2 heteroatoms. The van der Waals surface area contributed by atoms with Crippen LogP contribution in [-0.2, 0) is 6.42 Å². The van der Waals surface area contributed by atoms with Crippen molar-refractivity contribution in [1.82, 2.24) is 0 Å². The fraction of sp³-hybridized carbons (Fsp3) is 0.111. The maximum Gasteiger partial charge on any atom is 0.112 e. The van der Waals surface area contributed by atoms with Crippen molar-refractivity contribution in [3.8, 4) is 0 Å². The molecule has 4 aromatic carbocycles. The average Bonchev–Trinajstić information content (AvgIpc) is 2.78. The van der Waals surface area contributed by atoms with E-state index in [2.05, 4.69) is 122 Å². The number of halogens is 1. The number of benzene rings is 4. The fourth-order valence-electron chi connectivity index (χ4n) is 4.06. The van der Waals surface area contributed by atoms with Crippen molar-refractivity contribution in [1.29, 1.82) is 0 Å². The molecule has 29 heavy (non-hydrogen) atoms. The molecule has 0 amide bonds. The normalized spacial score (nSPS) is 10.9. The van der Waals surface area contributed by atoms with Crippen molar-refractivity contribution in [2.45, 2.75) is 13.3 Å². The molecule has 0 nitrogen and oxygen atoms in total. The molecular formula is C27H26BrP. The van der Waals surface area contributed by atoms with Gasteiger partial charge in [-0.1, -0.05) is 78.9 Å². The van der Waals surface area contributed by atoms with Crippen molar-refractivity contribution in [3.05, 3.63) is 126 Å². The van der Waals surface area contributed by atoms with Gasteiger partial charge in [-0.15, -0.1) is 0 Å². The van der Waals surface area contributed by atoms with Crippen LogP contribution < -0.4 is 32.9 Å². The maximum absolute atomic E-state index is 2.33. The second kappa shape index (κ2) is 10.0. The Hall–Kier alpha value is -2.21. The van der Waals surface area contributed by atoms with Crippen LogP contribution in [0, 0.1) is 6.92 Å². The molecule has 0 fully saturated rings. The summed E-state index contributed by atoms with van der Waals surface area (Å²) in [6.45, 7) is 2.23. The largest absolute Gasteiger partial charge is 1.00 e. The zero-order valence-corrected chi connectivity index (χ0v) is 19.2. The molecule has 0 aliphatic heterocycles. The Morgan fingerprint density at radius 3 is 1.31 bits per heavy atom. The van der Waals surface area contributed by atoms with Gasteiger partial charge in [-0.05, 0) is 54.4 Å². The van der Waals surface area contributed by atoms with E-state index in [1.54, 1.807) is 0 Å². The van der Waals surface area contributed by atoms with Crippen LogP contribution in [0.25, 0.3) is 0 Å². The molecule has 4 rings (SSSR count). The first-order chi connectivity index (χ1) is 13.8. The summed E-state index contributed by atoms with van der Waals surface area (Å²) in [4.78, 5) is 0. The number of rotatable bonds is 6. The van der Waals surface area contributed by atoms with Crippen molar-refractivity contribution in [2.75, 3.05) is 6.16 Å². The van der Waals surface area contributed by atoms with Crippen molar-refractivity contribution < 1.29 is 17.0 Å². The Balaban J connectivity index is 0.00000240. The monoisotopic (exact) mass is 460 g/mol. The topological polar surface area (TPSA) is 0 Å². The first-order valence-electron chi connectivity index (χ1n) is 9.90. The van der Waals surface area contributed by atoms with Gasteiger partial charge in [0.25, 0.3) is 0 Å². The van der Waals surface area contributed by atoms with E-state index in [1.165, 1.54) is 27.0 Å². The van der Waals surface area contributed by atoms with Gasteiger partial charge in [-0.2, -0.15) is 0 Å². The third-order valence-corrected chi connectivity index (χ3v) is 10.0. The minimum absolute atomic E-state index is 0. The van der Waals surface area contributed by atoms with Crippen LogP contribution >= 0.6 is 7.26 Å². The fourth-order valence-corrected chi connectivity index (χ4v) is 8.35. The van der Waals surface area contributed by atoms with E-state index in [9.17, 15) is 0 Å². The van der Waals surface area contributed by atoms with E-state index >= 15 is 0 Å². The summed E-state index contributed by atoms with van der Waals surface area (Å²) in [5.41, 5.74) is 2.84. The number of hydrogen-bond donors (Lipinski definition) is 0. The van der Waals surface area contributed by atoms with Gasteiger partial charge in [0.2, 0.25) is 0 Å². The van der Waals surface area contributed by atoms with E-state index in [1.807, 2.05) is 0 Å². The van der Waals surface area contributed by atoms with Crippen molar-refractivity contribution in [2.24, 2.45) is 0 Å². The molecule has 0 spiro atoms. The molecule has 0 atom stereocenters. The molecule has 0 aliphatic carbocycles. The molecule has 0 aromatic heterocycles. The molecule has 146 valence electrons. The summed E-state index contributed by atoms with van der Waals surface area (Å²) in [5, 5.41) is 4.38. The SMILES string of the molecule is Cc1ccccc1CC[P+](c1ccccc1)(c1ccccc1)c1ccccc1.[Br-]. The highest BCUT2D eigenvalue weighted by Crippen LogP contribution is 2.55. The van der Waals surface area contributed by atoms with Gasteiger partial charge in [-0.3, -0.25) is 0 Å². The van der Waals surface area contributed by atoms with Gasteiger partial charge >= 0.3 is 0 Å². The first kappa shape index (κ1) is 21.5. The second-order valence-corrected chi connectivity index (χ2v) is 10.8. The predicted octanol–water partition coefficient (Wildman–Crippen LogP) is 2.54. The minimum atomic E-state index is -1.74. The lowest BCUT2D eigenvalue weighted by Crippen LogP contribution is -3.00. The van der Waals surface area contributed by atoms with E-state index in [0.717, 1.165) is 12.6 Å². The molecule has 0 radical (unpaired) electrons. The summed E-state index contributed by atoms with van der Waals surface area (Å²) in [6, 6.07) is 42.2. The Labute approximate surface area is 185 Å². The lowest BCUT2D eigenvalue weighted by Gasteiger charge is -2.28. The zero-order valence-electron chi connectivity index (χ0n) is 16.7. The van der Waals surface area contributed by atoms with Crippen molar-refractivity contribution >= 4 is 23.2 Å². The van der Waals surface area contributed by atoms with Gasteiger partial charge in [0, 0.05) is 6.42 Å². The molecule has 0 aliphatic rings. The van der Waals surface area contributed by atoms with Crippen LogP contribution in [0.3, 0.4) is 0 Å². The lowest BCUT2D eigenvalue weighted by atomic mass is 10.1. The Kier molecular flexibility index (Phi) is 7.42. The Bertz CT molecular complexity index is 917. The zero-order chi connectivity index (χ0) is 19.2. The third kappa shape index (κ3) is 4.53. The highest BCUT2D eigenvalue weighted by atomic mass is 79.9. The Morgan fingerprint density at radius 2 is 0.897 bits per heavy atom. The summed E-state index contributed by atoms with van der Waals surface area (Å²) < 4.78 is 0. The highest BCUT2D eigenvalue weighted by molar-refractivity contribution is 7.95. The van der Waals surface area contributed by atoms with Crippen LogP contribution in [0.5, 0.6) is 0 Å². The van der Waals surface area contributed by atoms with Crippen LogP contribution in [0.2, 0.25) is 0 Å². The van der Waals surface area contributed by atoms with Gasteiger partial charge < -0.3 is 17.0 Å². The van der Waals surface area contributed by atoms with E-state index in [4.69, 9.17) is 0 Å². The quantitative estimate of drug-likeness (QED) is 0.388. The summed E-state index contributed by atoms with van der Waals surface area (Å²) >= 11 is 0. The second-order valence-electron chi connectivity index (χ2n) is 7.22. The minimum Gasteiger partial charge on any atom is -1.00 e. The summed E-state index contributed by atoms with van der Waals surface area (Å²) in [5.74, 6) is 0. The van der Waals surface area contributed by atoms with Crippen LogP contribution in [0.1, 0.15) is 11.1 Å². The number of aryl methyl sites for hydroxylation is 2. The molecule has 0 heterocycles. The smallest absolute Gasteiger partial charge is 0.112 e. The maximum atomic E-state index is 2.33. The molecule has 0 saturated carbocycles. The van der Waals surface area contributed by atoms with Crippen molar-refractivity contribution in [3.63, 3.8) is 0 Å². The lowest BCUT2D eigenvalue weighted by molar-refractivity contribution is -0.00000548. The molecular weight excluding hydrogens is 435 g/mol. The molecule has 0 unspecified atom stereocenters. The molecule has 0 bridgehead atoms. The van der Waals surface area contributed by atoms with Crippen LogP contribution in [0.4, 0.5) is 0 Å². The van der Waals surface area contributed by atoms with Crippen LogP contribution in [-0.4, -0.2) is 6.16 Å². The average molecular weight is 461 g/mol. The molecule has 0 N–H and O–H groups in total. The van der Waals surface area contributed by atoms with Crippen LogP contribution in [0.15, 0.2) is 115 Å². The summed E-state index contributed by atoms with van der Waals surface area (Å²) in [6.07, 6.45) is 2.22. The third-order valence-electron chi connectivity index (χ3n) is 5.57. The highest BCUT2D eigenvalue weighted by Gasteiger charge is 2.44. The van der Waals surface area contributed by atoms with Gasteiger partial charge in [0.1, 0.15) is 23.2 Å². The van der Waals surface area contributed by atoms with E-state index in [0.29, 0.717) is 0 Å². The number of hydrogen-bond acceptors (Lipinski definition) is 0. The standard InChI is InChI=1S/C27H26P.BrH/c1-23-13-11-12-14-24(23)21-22-28(25-15-5-2-6-16-25,26-17-7-3-8-18-26)27-19-9-4-10-20-27;/h2-20H,21-22H2,1H3;1H/q+1;/p-1. The molecule has 0 saturated heterocycles. The van der Waals surface area contributed by atoms with E-state index < -0.39 is 7.26 Å². The summed E-state index contributed by atoms with van der Waals surface area (Å²) in [7, 11) is -1.74.